The molecule has 8 nitrogen and oxygen atoms in total. The molecule has 0 radical (unpaired) electrons. The molecule has 1 amide bonds. The summed E-state index contributed by atoms with van der Waals surface area (Å²) < 4.78 is 62.7. The van der Waals surface area contributed by atoms with Crippen molar-refractivity contribution in [3.05, 3.63) is 58.2 Å². The highest BCUT2D eigenvalue weighted by Crippen LogP contribution is 2.28. The number of pyridine rings is 1. The van der Waals surface area contributed by atoms with Crippen molar-refractivity contribution in [1.29, 1.82) is 0 Å². The van der Waals surface area contributed by atoms with E-state index in [1.165, 1.54) is 6.20 Å². The molecule has 0 saturated carbocycles. The second-order valence-electron chi connectivity index (χ2n) is 8.73. The molecule has 0 unspecified atom stereocenters. The van der Waals surface area contributed by atoms with Crippen molar-refractivity contribution in [2.75, 3.05) is 25.0 Å². The first-order chi connectivity index (χ1) is 17.6. The van der Waals surface area contributed by atoms with Crippen molar-refractivity contribution >= 4 is 23.1 Å². The van der Waals surface area contributed by atoms with Gasteiger partial charge in [0.15, 0.2) is 5.69 Å². The van der Waals surface area contributed by atoms with Gasteiger partial charge in [-0.25, -0.2) is 14.4 Å². The number of carbonyl (C=O) groups is 1. The minimum atomic E-state index is -4.58. The van der Waals surface area contributed by atoms with Crippen molar-refractivity contribution in [3.63, 3.8) is 0 Å². The number of amides is 1. The molecule has 0 aliphatic carbocycles. The molecule has 1 saturated heterocycles. The first-order valence-corrected chi connectivity index (χ1v) is 12.5. The van der Waals surface area contributed by atoms with Crippen LogP contribution in [-0.4, -0.2) is 62.0 Å². The molecule has 3 aromatic rings. The van der Waals surface area contributed by atoms with Gasteiger partial charge in [-0.2, -0.15) is 17.5 Å². The maximum Gasteiger partial charge on any atom is 0.434 e. The van der Waals surface area contributed by atoms with E-state index in [1.54, 1.807) is 19.1 Å². The Kier molecular flexibility index (Phi) is 8.32. The van der Waals surface area contributed by atoms with Crippen LogP contribution in [0.3, 0.4) is 0 Å². The Balaban J connectivity index is 1.37. The summed E-state index contributed by atoms with van der Waals surface area (Å²) in [7, 11) is 0. The van der Waals surface area contributed by atoms with Gasteiger partial charge in [-0.05, 0) is 43.9 Å². The number of aromatic nitrogens is 4. The second kappa shape index (κ2) is 11.5. The zero-order valence-corrected chi connectivity index (χ0v) is 21.1. The van der Waals surface area contributed by atoms with Crippen molar-refractivity contribution in [2.24, 2.45) is 0 Å². The van der Waals surface area contributed by atoms with Crippen molar-refractivity contribution in [3.8, 4) is 5.88 Å². The van der Waals surface area contributed by atoms with Crippen LogP contribution in [0.2, 0.25) is 0 Å². The number of nitrogens with zero attached hydrogens (tertiary/aromatic N) is 5. The van der Waals surface area contributed by atoms with Gasteiger partial charge in [0.2, 0.25) is 5.88 Å². The molecule has 1 aliphatic rings. The van der Waals surface area contributed by atoms with Crippen LogP contribution in [-0.2, 0) is 12.6 Å². The molecular weight excluding hydrogens is 512 g/mol. The highest BCUT2D eigenvalue weighted by atomic mass is 32.1. The van der Waals surface area contributed by atoms with Crippen molar-refractivity contribution < 1.29 is 27.1 Å². The van der Waals surface area contributed by atoms with Crippen LogP contribution >= 0.6 is 11.5 Å². The molecule has 37 heavy (non-hydrogen) atoms. The van der Waals surface area contributed by atoms with E-state index < -0.39 is 30.1 Å². The van der Waals surface area contributed by atoms with E-state index in [-0.39, 0.29) is 18.0 Å². The van der Waals surface area contributed by atoms with Crippen LogP contribution in [0.4, 0.5) is 23.2 Å². The van der Waals surface area contributed by atoms with E-state index in [4.69, 9.17) is 4.74 Å². The maximum atomic E-state index is 14.5. The van der Waals surface area contributed by atoms with Gasteiger partial charge in [-0.15, -0.1) is 0 Å². The molecule has 4 heterocycles. The smallest absolute Gasteiger partial charge is 0.434 e. The Morgan fingerprint density at radius 1 is 1.22 bits per heavy atom. The molecule has 1 N–H and O–H groups in total. The maximum absolute atomic E-state index is 14.5. The fourth-order valence-electron chi connectivity index (χ4n) is 4.06. The lowest BCUT2D eigenvalue weighted by Gasteiger charge is -2.34. The van der Waals surface area contributed by atoms with E-state index in [0.717, 1.165) is 37.2 Å². The molecule has 1 fully saturated rings. The number of hydrogen-bond acceptors (Lipinski definition) is 8. The van der Waals surface area contributed by atoms with E-state index in [9.17, 15) is 22.4 Å². The van der Waals surface area contributed by atoms with Gasteiger partial charge in [-0.3, -0.25) is 9.78 Å². The number of hydrogen-bond donors (Lipinski definition) is 1. The number of rotatable bonds is 8. The molecule has 4 rings (SSSR count). The average molecular weight is 539 g/mol. The third kappa shape index (κ3) is 6.77. The minimum Gasteiger partial charge on any atom is -0.471 e. The van der Waals surface area contributed by atoms with E-state index >= 15 is 0 Å². The number of nitrogens with one attached hydrogen (secondary N) is 1. The number of ether oxygens (including phenoxy) is 1. The monoisotopic (exact) mass is 538 g/mol. The molecule has 13 heteroatoms. The first kappa shape index (κ1) is 26.9. The second-order valence-corrected chi connectivity index (χ2v) is 9.59. The quantitative estimate of drug-likeness (QED) is 0.416. The third-order valence-electron chi connectivity index (χ3n) is 5.87. The molecule has 0 bridgehead atoms. The number of alkyl halides is 4. The van der Waals surface area contributed by atoms with Crippen LogP contribution < -0.4 is 10.1 Å². The fourth-order valence-corrected chi connectivity index (χ4v) is 4.94. The highest BCUT2D eigenvalue weighted by Gasteiger charge is 2.33. The predicted molar refractivity (Wildman–Crippen MR) is 130 cm³/mol. The summed E-state index contributed by atoms with van der Waals surface area (Å²) in [6.07, 6.45) is -1.49. The Morgan fingerprint density at radius 3 is 2.65 bits per heavy atom. The normalized spacial score (nSPS) is 18.5. The van der Waals surface area contributed by atoms with Gasteiger partial charge in [-0.1, -0.05) is 6.92 Å². The fraction of sp³-hybridized carbons (Fsp3) is 0.458. The van der Waals surface area contributed by atoms with Gasteiger partial charge in [0.25, 0.3) is 5.91 Å². The Hall–Kier alpha value is -3.19. The van der Waals surface area contributed by atoms with E-state index in [1.807, 2.05) is 0 Å². The third-order valence-corrected chi connectivity index (χ3v) is 6.80. The largest absolute Gasteiger partial charge is 0.471 e. The number of aryl methyl sites for hydroxylation is 1. The predicted octanol–water partition coefficient (Wildman–Crippen LogP) is 4.70. The van der Waals surface area contributed by atoms with Gasteiger partial charge >= 0.3 is 6.18 Å². The highest BCUT2D eigenvalue weighted by molar-refractivity contribution is 7.06. The topological polar surface area (TPSA) is 93.1 Å². The molecule has 0 spiro atoms. The number of piperidine rings is 1. The molecular formula is C24H26F4N6O2S. The summed E-state index contributed by atoms with van der Waals surface area (Å²) in [5.74, 6) is -0.173. The summed E-state index contributed by atoms with van der Waals surface area (Å²) in [6.45, 7) is 5.69. The zero-order chi connectivity index (χ0) is 26.6. The number of anilines is 1. The zero-order valence-electron chi connectivity index (χ0n) is 20.3. The lowest BCUT2D eigenvalue weighted by Crippen LogP contribution is -2.47. The van der Waals surface area contributed by atoms with E-state index in [2.05, 4.69) is 36.5 Å². The van der Waals surface area contributed by atoms with Crippen molar-refractivity contribution in [1.82, 2.24) is 24.2 Å². The number of halogens is 4. The Bertz CT molecular complexity index is 1200. The van der Waals surface area contributed by atoms with E-state index in [0.29, 0.717) is 41.0 Å². The van der Waals surface area contributed by atoms with Gasteiger partial charge in [0.1, 0.15) is 12.3 Å². The van der Waals surface area contributed by atoms with Gasteiger partial charge in [0.05, 0.1) is 35.0 Å². The molecule has 1 aliphatic heterocycles. The Labute approximate surface area is 215 Å². The van der Waals surface area contributed by atoms with Crippen molar-refractivity contribution in [2.45, 2.75) is 51.6 Å². The number of carbonyl (C=O) groups excluding carboxylic acids is 1. The molecule has 2 atom stereocenters. The SMILES string of the molecule is CCCN1CC[C@H](Oc2ccc(NC(=O)c3c(C)nsc3Cc3cnc(C(F)(F)F)cn3)cn2)[C@@H](F)C1. The summed E-state index contributed by atoms with van der Waals surface area (Å²) in [4.78, 5) is 27.0. The summed E-state index contributed by atoms with van der Waals surface area (Å²) >= 11 is 1.07. The molecule has 198 valence electrons. The Morgan fingerprint density at radius 2 is 2.03 bits per heavy atom. The van der Waals surface area contributed by atoms with Crippen LogP contribution in [0, 0.1) is 6.92 Å². The number of likely N-dealkylation sites (tertiary alicyclic amines) is 1. The van der Waals surface area contributed by atoms with Gasteiger partial charge < -0.3 is 15.0 Å². The average Bonchev–Trinajstić information content (AvgIpc) is 3.22. The van der Waals surface area contributed by atoms with Crippen LogP contribution in [0.5, 0.6) is 5.88 Å². The lowest BCUT2D eigenvalue weighted by atomic mass is 10.1. The standard InChI is InChI=1S/C24H26F4N6O2S/c1-3-7-34-8-6-18(17(25)13-34)36-21-5-4-15(10-31-21)32-23(35)22-14(2)33-37-19(22)9-16-11-30-20(12-29-16)24(26,27)28/h4-5,10-12,17-18H,3,6-9,13H2,1-2H3,(H,32,35)/t17-,18-/m0/s1. The summed E-state index contributed by atoms with van der Waals surface area (Å²) in [6, 6.07) is 3.17. The lowest BCUT2D eigenvalue weighted by molar-refractivity contribution is -0.141. The molecule has 0 aromatic carbocycles. The first-order valence-electron chi connectivity index (χ1n) is 11.8. The summed E-state index contributed by atoms with van der Waals surface area (Å²) in [5, 5.41) is 2.74. The molecule has 3 aromatic heterocycles. The minimum absolute atomic E-state index is 0.103. The van der Waals surface area contributed by atoms with Crippen LogP contribution in [0.15, 0.2) is 30.7 Å². The van der Waals surface area contributed by atoms with Crippen LogP contribution in [0.25, 0.3) is 0 Å². The summed E-state index contributed by atoms with van der Waals surface area (Å²) in [5.41, 5.74) is 0.386. The van der Waals surface area contributed by atoms with Crippen LogP contribution in [0.1, 0.15) is 52.1 Å². The van der Waals surface area contributed by atoms with Gasteiger partial charge in [0, 0.05) is 36.7 Å².